The van der Waals surface area contributed by atoms with Gasteiger partial charge in [-0.05, 0) is 26.2 Å². The van der Waals surface area contributed by atoms with E-state index in [1.807, 2.05) is 6.08 Å². The van der Waals surface area contributed by atoms with Gasteiger partial charge in [-0.15, -0.1) is 0 Å². The summed E-state index contributed by atoms with van der Waals surface area (Å²) in [6, 6.07) is -3.02. The Kier molecular flexibility index (Phi) is 52.6. The van der Waals surface area contributed by atoms with Gasteiger partial charge in [0.25, 0.3) is 0 Å². The summed E-state index contributed by atoms with van der Waals surface area (Å²) >= 11 is 0. The van der Waals surface area contributed by atoms with Crippen molar-refractivity contribution < 1.29 is 183 Å². The minimum absolute atomic E-state index is 0.171. The van der Waals surface area contributed by atoms with Crippen LogP contribution < -0.4 is 10.6 Å². The zero-order valence-corrected chi connectivity index (χ0v) is 74.8. The highest BCUT2D eigenvalue weighted by atomic mass is 16.8. The molecule has 0 aromatic carbocycles. The van der Waals surface area contributed by atoms with Gasteiger partial charge in [-0.3, -0.25) is 9.59 Å². The minimum Gasteiger partial charge on any atom is -0.394 e. The monoisotopic (exact) mass is 1840 g/mol. The van der Waals surface area contributed by atoms with Crippen molar-refractivity contribution in [3.05, 3.63) is 12.2 Å². The first-order chi connectivity index (χ1) is 61.1. The maximum atomic E-state index is 13.6. The van der Waals surface area contributed by atoms with E-state index in [0.29, 0.717) is 12.8 Å². The Balaban J connectivity index is 0.963. The molecular weight excluding hydrogens is 1680 g/mol. The van der Waals surface area contributed by atoms with Gasteiger partial charge < -0.3 is 184 Å². The molecule has 0 aromatic heterocycles. The predicted molar refractivity (Wildman–Crippen MR) is 450 cm³/mol. The average Bonchev–Trinajstić information content (AvgIpc) is 0.751. The van der Waals surface area contributed by atoms with Crippen LogP contribution in [-0.2, 0) is 75.9 Å². The van der Waals surface area contributed by atoms with Gasteiger partial charge in [0.05, 0.1) is 64.5 Å². The lowest BCUT2D eigenvalue weighted by Gasteiger charge is -2.51. The Labute approximate surface area is 746 Å². The topological polar surface area (TPSA) is 612 Å². The van der Waals surface area contributed by atoms with Crippen molar-refractivity contribution in [2.24, 2.45) is 0 Å². The van der Waals surface area contributed by atoms with Crippen molar-refractivity contribution >= 4 is 11.8 Å². The van der Waals surface area contributed by atoms with Gasteiger partial charge in [0.2, 0.25) is 11.8 Å². The molecule has 23 N–H and O–H groups in total. The third kappa shape index (κ3) is 34.2. The quantitative estimate of drug-likeness (QED) is 0.0267. The Bertz CT molecular complexity index is 2930. The smallest absolute Gasteiger partial charge is 0.220 e. The number of aliphatic hydroxyl groups excluding tert-OH is 21. The first-order valence-corrected chi connectivity index (χ1v) is 47.4. The van der Waals surface area contributed by atoms with Gasteiger partial charge in [0.1, 0.15) is 165 Å². The van der Waals surface area contributed by atoms with Gasteiger partial charge in [-0.25, -0.2) is 0 Å². The van der Waals surface area contributed by atoms with Crippen LogP contribution in [0, 0.1) is 0 Å². The van der Waals surface area contributed by atoms with Gasteiger partial charge in [0, 0.05) is 13.3 Å². The maximum absolute atomic E-state index is 13.6. The van der Waals surface area contributed by atoms with E-state index >= 15 is 0 Å². The number of ether oxygens (including phenoxy) is 14. The molecule has 0 radical (unpaired) electrons. The fourth-order valence-electron chi connectivity index (χ4n) is 17.5. The van der Waals surface area contributed by atoms with Gasteiger partial charge in [-0.2, -0.15) is 0 Å². The first-order valence-electron chi connectivity index (χ1n) is 47.4. The number of unbranched alkanes of at least 4 members (excludes halogenated alkanes) is 33. The van der Waals surface area contributed by atoms with Crippen LogP contribution in [0.5, 0.6) is 0 Å². The van der Waals surface area contributed by atoms with Crippen LogP contribution in [-0.4, -0.2) is 392 Å². The summed E-state index contributed by atoms with van der Waals surface area (Å²) in [4.78, 5) is 26.9. The summed E-state index contributed by atoms with van der Waals surface area (Å²) in [6.45, 7) is -0.0303. The van der Waals surface area contributed by atoms with E-state index in [2.05, 4.69) is 24.5 Å². The van der Waals surface area contributed by atoms with Crippen molar-refractivity contribution in [1.29, 1.82) is 0 Å². The lowest BCUT2D eigenvalue weighted by atomic mass is 9.94. The highest BCUT2D eigenvalue weighted by Gasteiger charge is 2.60. The summed E-state index contributed by atoms with van der Waals surface area (Å²) in [5, 5.41) is 240. The average molecular weight is 1840 g/mol. The van der Waals surface area contributed by atoms with Crippen molar-refractivity contribution in [1.82, 2.24) is 10.6 Å². The molecule has 7 saturated heterocycles. The predicted octanol–water partition coefficient (Wildman–Crippen LogP) is -0.595. The number of hydrogen-bond acceptors (Lipinski definition) is 37. The second kappa shape index (κ2) is 60.0. The second-order valence-electron chi connectivity index (χ2n) is 35.5. The van der Waals surface area contributed by atoms with Crippen molar-refractivity contribution in [2.75, 3.05) is 46.2 Å². The summed E-state index contributed by atoms with van der Waals surface area (Å²) in [5.74, 6) is -1.28. The highest BCUT2D eigenvalue weighted by molar-refractivity contribution is 5.76. The Hall–Kier alpha value is -2.72. The van der Waals surface area contributed by atoms with Crippen LogP contribution >= 0.6 is 0 Å². The van der Waals surface area contributed by atoms with Crippen LogP contribution in [0.4, 0.5) is 0 Å². The van der Waals surface area contributed by atoms with E-state index in [4.69, 9.17) is 66.3 Å². The molecular formula is C88H160N2O37. The number of hydrogen-bond donors (Lipinski definition) is 23. The summed E-state index contributed by atoms with van der Waals surface area (Å²) in [7, 11) is 0. The molecule has 7 aliphatic rings. The number of carbonyl (C=O) groups is 2. The molecule has 0 spiro atoms. The third-order valence-corrected chi connectivity index (χ3v) is 25.4. The van der Waals surface area contributed by atoms with E-state index in [0.717, 1.165) is 58.3 Å². The van der Waals surface area contributed by atoms with Gasteiger partial charge >= 0.3 is 0 Å². The molecule has 39 nitrogen and oxygen atoms in total. The molecule has 0 aromatic rings. The second-order valence-corrected chi connectivity index (χ2v) is 35.5. The fourth-order valence-corrected chi connectivity index (χ4v) is 17.5. The fraction of sp³-hybridized carbons (Fsp3) is 0.955. The van der Waals surface area contributed by atoms with Crippen molar-refractivity contribution in [2.45, 2.75) is 486 Å². The van der Waals surface area contributed by atoms with Crippen LogP contribution in [0.25, 0.3) is 0 Å². The minimum atomic E-state index is -2.33. The molecule has 0 aliphatic carbocycles. The van der Waals surface area contributed by atoms with Crippen LogP contribution in [0.15, 0.2) is 12.2 Å². The van der Waals surface area contributed by atoms with Gasteiger partial charge in [0.15, 0.2) is 44.0 Å². The van der Waals surface area contributed by atoms with E-state index in [1.54, 1.807) is 6.08 Å². The Morgan fingerprint density at radius 2 is 0.646 bits per heavy atom. The maximum Gasteiger partial charge on any atom is 0.220 e. The number of rotatable bonds is 61. The largest absolute Gasteiger partial charge is 0.394 e. The molecule has 0 bridgehead atoms. The van der Waals surface area contributed by atoms with Crippen LogP contribution in [0.3, 0.4) is 0 Å². The molecule has 37 atom stereocenters. The Morgan fingerprint density at radius 1 is 0.323 bits per heavy atom. The lowest BCUT2D eigenvalue weighted by molar-refractivity contribution is -0.404. The molecule has 744 valence electrons. The van der Waals surface area contributed by atoms with E-state index < -0.39 is 279 Å². The van der Waals surface area contributed by atoms with E-state index in [9.17, 15) is 117 Å². The van der Waals surface area contributed by atoms with E-state index in [-0.39, 0.29) is 12.3 Å². The molecule has 2 amide bonds. The SMILES string of the molecule is CCCCCCCCCCCCC/C=C/[C@@H](O)[C@H](CO[C@@H]1OC(CO)[C@@H](O[C@@H]2OC(CO)[C@H](O[C@@H]3OC(CO)[C@H](O)[C@H](O[C@@H]4OC(CO)[C@H](O)[C@H](O[C@@H]5OC(CO)[C@H](O)[C@H](O[C@H]6OC(CO)[C@H](O)[C@H](O)C6O)C5O[C@H]5OC(C)[C@@H](O)C(O)[C@@H]5O)C4NC(C)=O)C3O)[C@H](O)C2O)[C@H](O)C1O)NC(=O)CCCCCCCCCCCCCCCCCCCCCCCCC. The number of carbonyl (C=O) groups excluding carboxylic acids is 2. The molecule has 7 rings (SSSR count). The summed E-state index contributed by atoms with van der Waals surface area (Å²) in [6.07, 6.45) is -23.4. The van der Waals surface area contributed by atoms with Crippen LogP contribution in [0.1, 0.15) is 259 Å². The third-order valence-electron chi connectivity index (χ3n) is 25.4. The number of amides is 2. The normalized spacial score (nSPS) is 37.9. The first kappa shape index (κ1) is 111. The summed E-state index contributed by atoms with van der Waals surface area (Å²) < 4.78 is 83.5. The van der Waals surface area contributed by atoms with E-state index in [1.165, 1.54) is 167 Å². The van der Waals surface area contributed by atoms with Crippen molar-refractivity contribution in [3.63, 3.8) is 0 Å². The molecule has 7 aliphatic heterocycles. The zero-order chi connectivity index (χ0) is 92.7. The molecule has 7 heterocycles. The number of nitrogens with one attached hydrogen (secondary N) is 2. The number of allylic oxidation sites excluding steroid dienone is 1. The Morgan fingerprint density at radius 3 is 1.09 bits per heavy atom. The highest BCUT2D eigenvalue weighted by Crippen LogP contribution is 2.40. The zero-order valence-electron chi connectivity index (χ0n) is 74.8. The van der Waals surface area contributed by atoms with Crippen molar-refractivity contribution in [3.8, 4) is 0 Å². The lowest BCUT2D eigenvalue weighted by Crippen LogP contribution is -2.71. The summed E-state index contributed by atoms with van der Waals surface area (Å²) in [5.41, 5.74) is 0. The molecule has 39 heteroatoms. The molecule has 0 saturated carbocycles. The standard InChI is InChI=1S/C88H160N2O37/c1-5-7-9-11-13-15-17-19-20-21-22-23-24-25-26-27-28-30-32-34-36-38-40-42-60(99)90-52(53(98)41-39-37-35-33-31-29-18-16-14-12-10-8-6-2)49-114-83-73(111)69(107)76(58(47-95)120-83)122-86-74(112)70(108)77(59(48-96)121-86)123-87-75(113)79(65(103)56(45-93)118-87)125-82-61(89-51(4)97)78(64(102)55(44-92)116-82)124-88-81(127-84-71(109)67(105)62(100)50(3)115-84)80(66(104)57(46-94)119-88)126-85-72(110)68(106)63(101)54(43-91)117-85/h39,41,50,52-59,61-88,91-96,98,100-113H,5-38,40,42-49H2,1-4H3,(H,89,97)(H,90,99)/b41-39+/t50?,52-,53+,54?,55?,56?,57?,58?,59?,61?,62+,63-,64-,65-,66-,67?,68-,69+,70+,71-,72?,73?,74?,75?,76+,77-,78+,79-,80-,81?,82-,83+,84+,85+,86-,87-,88-/m0/s1. The van der Waals surface area contributed by atoms with Crippen LogP contribution in [0.2, 0.25) is 0 Å². The number of aliphatic hydroxyl groups is 21. The molecule has 127 heavy (non-hydrogen) atoms. The molecule has 14 unspecified atom stereocenters. The van der Waals surface area contributed by atoms with Gasteiger partial charge in [-0.1, -0.05) is 231 Å². The molecule has 7 fully saturated rings.